The van der Waals surface area contributed by atoms with Crippen LogP contribution in [0.15, 0.2) is 36.5 Å². The van der Waals surface area contributed by atoms with Crippen molar-refractivity contribution >= 4 is 17.6 Å². The van der Waals surface area contributed by atoms with Crippen LogP contribution in [-0.4, -0.2) is 43.1 Å². The van der Waals surface area contributed by atoms with E-state index in [1.807, 2.05) is 12.1 Å². The lowest BCUT2D eigenvalue weighted by molar-refractivity contribution is -0.143. The number of esters is 1. The first-order chi connectivity index (χ1) is 13.0. The molecular weight excluding hydrogens is 351 g/mol. The maximum absolute atomic E-state index is 14.8. The minimum absolute atomic E-state index is 0.217. The molecule has 1 aromatic carbocycles. The first-order valence-electron chi connectivity index (χ1n) is 8.59. The summed E-state index contributed by atoms with van der Waals surface area (Å²) in [7, 11) is 0. The van der Waals surface area contributed by atoms with Crippen LogP contribution in [0.25, 0.3) is 11.1 Å². The van der Waals surface area contributed by atoms with E-state index in [0.29, 0.717) is 24.3 Å². The molecule has 1 aliphatic heterocycles. The van der Waals surface area contributed by atoms with Crippen LogP contribution in [0.4, 0.5) is 10.2 Å². The van der Waals surface area contributed by atoms with Gasteiger partial charge in [-0.3, -0.25) is 10.2 Å². The third kappa shape index (κ3) is 4.79. The van der Waals surface area contributed by atoms with E-state index >= 15 is 0 Å². The average molecular weight is 372 g/mol. The minimum Gasteiger partial charge on any atom is -0.460 e. The first-order valence-corrected chi connectivity index (χ1v) is 8.59. The highest BCUT2D eigenvalue weighted by Crippen LogP contribution is 2.26. The lowest BCUT2D eigenvalue weighted by Gasteiger charge is -2.27. The molecule has 2 heterocycles. The maximum atomic E-state index is 14.8. The Hall–Kier alpha value is -3.00. The second-order valence-electron chi connectivity index (χ2n) is 6.15. The summed E-state index contributed by atoms with van der Waals surface area (Å²) in [4.78, 5) is 18.0. The van der Waals surface area contributed by atoms with Crippen molar-refractivity contribution in [2.75, 3.05) is 31.2 Å². The smallest absolute Gasteiger partial charge is 0.313 e. The highest BCUT2D eigenvalue weighted by Gasteiger charge is 2.15. The van der Waals surface area contributed by atoms with Gasteiger partial charge in [-0.1, -0.05) is 18.2 Å². The van der Waals surface area contributed by atoms with E-state index in [-0.39, 0.29) is 24.4 Å². The average Bonchev–Trinajstić information content (AvgIpc) is 2.67. The molecule has 3 N–H and O–H groups in total. The fourth-order valence-electron chi connectivity index (χ4n) is 2.80. The Labute approximate surface area is 156 Å². The number of amidine groups is 1. The zero-order valence-electron chi connectivity index (χ0n) is 14.8. The molecule has 0 aliphatic carbocycles. The monoisotopic (exact) mass is 372 g/mol. The van der Waals surface area contributed by atoms with E-state index in [1.165, 1.54) is 0 Å². The van der Waals surface area contributed by atoms with Gasteiger partial charge in [-0.05, 0) is 12.1 Å². The molecule has 0 radical (unpaired) electrons. The molecule has 0 unspecified atom stereocenters. The third-order valence-corrected chi connectivity index (χ3v) is 4.20. The number of carbonyl (C=O) groups is 1. The molecule has 3 rings (SSSR count). The predicted molar refractivity (Wildman–Crippen MR) is 99.0 cm³/mol. The molecule has 0 saturated carbocycles. The van der Waals surface area contributed by atoms with Gasteiger partial charge in [0.15, 0.2) is 0 Å². The van der Waals surface area contributed by atoms with Gasteiger partial charge in [-0.2, -0.15) is 0 Å². The van der Waals surface area contributed by atoms with Crippen LogP contribution in [0, 0.1) is 11.2 Å². The van der Waals surface area contributed by atoms with E-state index < -0.39 is 11.8 Å². The van der Waals surface area contributed by atoms with Crippen LogP contribution in [-0.2, 0) is 20.9 Å². The number of nitrogens with two attached hydrogens (primary N) is 1. The lowest BCUT2D eigenvalue weighted by Crippen LogP contribution is -2.36. The molecule has 27 heavy (non-hydrogen) atoms. The molecule has 8 heteroatoms. The summed E-state index contributed by atoms with van der Waals surface area (Å²) in [5, 5.41) is 7.07. The van der Waals surface area contributed by atoms with Crippen molar-refractivity contribution < 1.29 is 18.7 Å². The zero-order chi connectivity index (χ0) is 19.2. The second-order valence-corrected chi connectivity index (χ2v) is 6.15. The molecular formula is C19H21FN4O3. The second kappa shape index (κ2) is 8.59. The van der Waals surface area contributed by atoms with Gasteiger partial charge in [0, 0.05) is 36.0 Å². The van der Waals surface area contributed by atoms with Gasteiger partial charge >= 0.3 is 5.97 Å². The number of halogens is 1. The molecule has 142 valence electrons. The van der Waals surface area contributed by atoms with Crippen molar-refractivity contribution in [1.29, 1.82) is 5.41 Å². The molecule has 0 atom stereocenters. The summed E-state index contributed by atoms with van der Waals surface area (Å²) in [5.41, 5.74) is 6.43. The Morgan fingerprint density at radius 2 is 2.07 bits per heavy atom. The number of rotatable bonds is 6. The number of aromatic nitrogens is 1. The van der Waals surface area contributed by atoms with Crippen LogP contribution in [0.3, 0.4) is 0 Å². The summed E-state index contributed by atoms with van der Waals surface area (Å²) in [6.07, 6.45) is 1.32. The highest BCUT2D eigenvalue weighted by molar-refractivity contribution is 5.94. The largest absolute Gasteiger partial charge is 0.460 e. The summed E-state index contributed by atoms with van der Waals surface area (Å²) >= 11 is 0. The van der Waals surface area contributed by atoms with E-state index in [2.05, 4.69) is 9.88 Å². The van der Waals surface area contributed by atoms with E-state index in [0.717, 1.165) is 18.9 Å². The number of hydrogen-bond donors (Lipinski definition) is 2. The van der Waals surface area contributed by atoms with Gasteiger partial charge in [0.05, 0.1) is 13.2 Å². The molecule has 2 aromatic rings. The summed E-state index contributed by atoms with van der Waals surface area (Å²) < 4.78 is 25.1. The molecule has 0 amide bonds. The lowest BCUT2D eigenvalue weighted by atomic mass is 10.0. The van der Waals surface area contributed by atoms with Gasteiger partial charge in [0.1, 0.15) is 30.5 Å². The number of hydrogen-bond acceptors (Lipinski definition) is 6. The van der Waals surface area contributed by atoms with Crippen LogP contribution >= 0.6 is 0 Å². The number of pyridine rings is 1. The maximum Gasteiger partial charge on any atom is 0.313 e. The molecule has 1 fully saturated rings. The molecule has 0 spiro atoms. The Balaban J connectivity index is 1.73. The zero-order valence-corrected chi connectivity index (χ0v) is 14.8. The molecule has 0 bridgehead atoms. The number of carbonyl (C=O) groups excluding carboxylic acids is 1. The van der Waals surface area contributed by atoms with Gasteiger partial charge in [0.25, 0.3) is 0 Å². The van der Waals surface area contributed by atoms with Gasteiger partial charge in [-0.25, -0.2) is 9.37 Å². The fourth-order valence-corrected chi connectivity index (χ4v) is 2.80. The third-order valence-electron chi connectivity index (χ3n) is 4.20. The number of nitrogens with zero attached hydrogens (tertiary/aromatic N) is 2. The SMILES string of the molecule is N=C(N)CC(=O)OCc1cccc(-c2ccc(N3CCOCC3)nc2)c1F. The number of nitrogens with one attached hydrogen (secondary N) is 1. The fraction of sp³-hybridized carbons (Fsp3) is 0.316. The Kier molecular flexibility index (Phi) is 5.97. The number of morpholine rings is 1. The first kappa shape index (κ1) is 18.8. The van der Waals surface area contributed by atoms with Crippen molar-refractivity contribution in [3.05, 3.63) is 47.9 Å². The van der Waals surface area contributed by atoms with Crippen molar-refractivity contribution in [3.63, 3.8) is 0 Å². The van der Waals surface area contributed by atoms with Crippen LogP contribution in [0.5, 0.6) is 0 Å². The van der Waals surface area contributed by atoms with Crippen LogP contribution in [0.2, 0.25) is 0 Å². The summed E-state index contributed by atoms with van der Waals surface area (Å²) in [5.74, 6) is -0.588. The van der Waals surface area contributed by atoms with Gasteiger partial charge in [0.2, 0.25) is 0 Å². The Bertz CT molecular complexity index is 820. The highest BCUT2D eigenvalue weighted by atomic mass is 19.1. The Morgan fingerprint density at radius 3 is 2.74 bits per heavy atom. The minimum atomic E-state index is -0.663. The molecule has 1 aliphatic rings. The van der Waals surface area contributed by atoms with Crippen molar-refractivity contribution in [2.45, 2.75) is 13.0 Å². The number of anilines is 1. The quantitative estimate of drug-likeness (QED) is 0.457. The normalized spacial score (nSPS) is 14.0. The van der Waals surface area contributed by atoms with Gasteiger partial charge < -0.3 is 20.1 Å². The molecule has 7 nitrogen and oxygen atoms in total. The van der Waals surface area contributed by atoms with E-state index in [1.54, 1.807) is 24.4 Å². The van der Waals surface area contributed by atoms with Gasteiger partial charge in [-0.15, -0.1) is 0 Å². The predicted octanol–water partition coefficient (Wildman–Crippen LogP) is 2.09. The van der Waals surface area contributed by atoms with Crippen LogP contribution in [0.1, 0.15) is 12.0 Å². The number of ether oxygens (including phenoxy) is 2. The summed E-state index contributed by atoms with van der Waals surface area (Å²) in [6.45, 7) is 2.68. The molecule has 1 aromatic heterocycles. The van der Waals surface area contributed by atoms with E-state index in [4.69, 9.17) is 20.6 Å². The summed E-state index contributed by atoms with van der Waals surface area (Å²) in [6, 6.07) is 8.58. The Morgan fingerprint density at radius 1 is 1.30 bits per heavy atom. The van der Waals surface area contributed by atoms with Crippen molar-refractivity contribution in [3.8, 4) is 11.1 Å². The standard InChI is InChI=1S/C19H21FN4O3/c20-19-14(12-27-18(25)10-16(21)22)2-1-3-15(19)13-4-5-17(23-11-13)24-6-8-26-9-7-24/h1-5,11H,6-10,12H2,(H3,21,22). The topological polar surface area (TPSA) is 102 Å². The molecule has 1 saturated heterocycles. The van der Waals surface area contributed by atoms with Crippen molar-refractivity contribution in [2.24, 2.45) is 5.73 Å². The van der Waals surface area contributed by atoms with E-state index in [9.17, 15) is 9.18 Å². The number of benzene rings is 1. The van der Waals surface area contributed by atoms with Crippen molar-refractivity contribution in [1.82, 2.24) is 4.98 Å². The van der Waals surface area contributed by atoms with Crippen LogP contribution < -0.4 is 10.6 Å².